The van der Waals surface area contributed by atoms with Crippen molar-refractivity contribution in [1.29, 1.82) is 0 Å². The molecule has 1 aliphatic heterocycles. The highest BCUT2D eigenvalue weighted by atomic mass is 14.8. The van der Waals surface area contributed by atoms with E-state index < -0.39 is 0 Å². The molecule has 15 heavy (non-hydrogen) atoms. The van der Waals surface area contributed by atoms with Gasteiger partial charge in [0.05, 0.1) is 6.04 Å². The van der Waals surface area contributed by atoms with Gasteiger partial charge in [0, 0.05) is 0 Å². The molecule has 1 rings (SSSR count). The minimum absolute atomic E-state index is 0.630. The van der Waals surface area contributed by atoms with Crippen LogP contribution in [0.1, 0.15) is 59.8 Å². The minimum Gasteiger partial charge on any atom is -0.294 e. The number of hydrogen-bond acceptors (Lipinski definition) is 1. The van der Waals surface area contributed by atoms with Crippen molar-refractivity contribution in [3.8, 4) is 0 Å². The fraction of sp³-hybridized carbons (Fsp3) is 0.929. The zero-order chi connectivity index (χ0) is 11.3. The van der Waals surface area contributed by atoms with Crippen molar-refractivity contribution < 1.29 is 0 Å². The maximum Gasteiger partial charge on any atom is 0.0557 e. The van der Waals surface area contributed by atoms with Gasteiger partial charge in [0.1, 0.15) is 0 Å². The Morgan fingerprint density at radius 3 is 2.00 bits per heavy atom. The Bertz CT molecular complexity index is 190. The van der Waals surface area contributed by atoms with Gasteiger partial charge >= 0.3 is 0 Å². The van der Waals surface area contributed by atoms with Crippen LogP contribution in [0.5, 0.6) is 0 Å². The lowest BCUT2D eigenvalue weighted by Gasteiger charge is -2.30. The zero-order valence-electron chi connectivity index (χ0n) is 10.9. The summed E-state index contributed by atoms with van der Waals surface area (Å²) in [6.07, 6.45) is 8.63. The first kappa shape index (κ1) is 12.7. The second-order valence-electron chi connectivity index (χ2n) is 4.87. The molecule has 0 saturated carbocycles. The molecule has 0 spiro atoms. The van der Waals surface area contributed by atoms with Crippen LogP contribution in [0.25, 0.3) is 0 Å². The van der Waals surface area contributed by atoms with E-state index in [4.69, 9.17) is 4.99 Å². The summed E-state index contributed by atoms with van der Waals surface area (Å²) >= 11 is 0. The van der Waals surface area contributed by atoms with Gasteiger partial charge in [-0.05, 0) is 30.4 Å². The fourth-order valence-electron chi connectivity index (χ4n) is 3.16. The first-order valence-corrected chi connectivity index (χ1v) is 6.79. The molecule has 88 valence electrons. The SMILES string of the molecule is CCC(CC)C1CC=NC1C(CC)CC. The Kier molecular flexibility index (Phi) is 5.35. The van der Waals surface area contributed by atoms with Crippen molar-refractivity contribution in [2.45, 2.75) is 65.8 Å². The summed E-state index contributed by atoms with van der Waals surface area (Å²) in [7, 11) is 0. The van der Waals surface area contributed by atoms with Gasteiger partial charge in [-0.15, -0.1) is 0 Å². The number of hydrogen-bond donors (Lipinski definition) is 0. The Morgan fingerprint density at radius 2 is 1.53 bits per heavy atom. The van der Waals surface area contributed by atoms with Crippen molar-refractivity contribution >= 4 is 6.21 Å². The molecule has 0 saturated heterocycles. The summed E-state index contributed by atoms with van der Waals surface area (Å²) < 4.78 is 0. The van der Waals surface area contributed by atoms with Crippen molar-refractivity contribution in [2.24, 2.45) is 22.7 Å². The van der Waals surface area contributed by atoms with Crippen LogP contribution in [0.4, 0.5) is 0 Å². The van der Waals surface area contributed by atoms with Gasteiger partial charge < -0.3 is 0 Å². The second-order valence-corrected chi connectivity index (χ2v) is 4.87. The quantitative estimate of drug-likeness (QED) is 0.618. The molecule has 0 bridgehead atoms. The molecule has 0 aromatic heterocycles. The predicted octanol–water partition coefficient (Wildman–Crippen LogP) is 4.32. The van der Waals surface area contributed by atoms with Crippen LogP contribution in [0.3, 0.4) is 0 Å². The Hall–Kier alpha value is -0.330. The molecular formula is C14H27N. The molecule has 0 amide bonds. The van der Waals surface area contributed by atoms with Crippen LogP contribution in [-0.2, 0) is 0 Å². The lowest BCUT2D eigenvalue weighted by atomic mass is 9.76. The van der Waals surface area contributed by atoms with Gasteiger partial charge in [-0.3, -0.25) is 4.99 Å². The van der Waals surface area contributed by atoms with E-state index in [1.54, 1.807) is 0 Å². The third kappa shape index (κ3) is 2.83. The maximum atomic E-state index is 4.75. The molecular weight excluding hydrogens is 182 g/mol. The second kappa shape index (κ2) is 6.30. The van der Waals surface area contributed by atoms with E-state index in [1.807, 2.05) is 0 Å². The van der Waals surface area contributed by atoms with Gasteiger partial charge in [0.25, 0.3) is 0 Å². The monoisotopic (exact) mass is 209 g/mol. The average Bonchev–Trinajstić information content (AvgIpc) is 2.71. The summed E-state index contributed by atoms with van der Waals surface area (Å²) in [5.41, 5.74) is 0. The normalized spacial score (nSPS) is 25.7. The maximum absolute atomic E-state index is 4.75. The molecule has 0 aliphatic carbocycles. The first-order chi connectivity index (χ1) is 7.28. The minimum atomic E-state index is 0.630. The number of aliphatic imine (C=N–C) groups is 1. The van der Waals surface area contributed by atoms with Crippen LogP contribution < -0.4 is 0 Å². The van der Waals surface area contributed by atoms with Crippen LogP contribution in [-0.4, -0.2) is 12.3 Å². The molecule has 1 heterocycles. The van der Waals surface area contributed by atoms with Crippen molar-refractivity contribution in [3.63, 3.8) is 0 Å². The summed E-state index contributed by atoms with van der Waals surface area (Å²) in [5.74, 6) is 2.54. The van der Waals surface area contributed by atoms with Crippen LogP contribution in [0.2, 0.25) is 0 Å². The lowest BCUT2D eigenvalue weighted by Crippen LogP contribution is -2.29. The fourth-order valence-corrected chi connectivity index (χ4v) is 3.16. The highest BCUT2D eigenvalue weighted by Gasteiger charge is 2.33. The van der Waals surface area contributed by atoms with Crippen molar-refractivity contribution in [3.05, 3.63) is 0 Å². The Morgan fingerprint density at radius 1 is 1.00 bits per heavy atom. The van der Waals surface area contributed by atoms with E-state index in [2.05, 4.69) is 33.9 Å². The molecule has 1 nitrogen and oxygen atoms in total. The van der Waals surface area contributed by atoms with Crippen molar-refractivity contribution in [2.75, 3.05) is 0 Å². The Labute approximate surface area is 95.4 Å². The topological polar surface area (TPSA) is 12.4 Å². The zero-order valence-corrected chi connectivity index (χ0v) is 10.9. The molecule has 1 aliphatic rings. The summed E-state index contributed by atoms with van der Waals surface area (Å²) in [5, 5.41) is 0. The Balaban J connectivity index is 2.65. The largest absolute Gasteiger partial charge is 0.294 e. The van der Waals surface area contributed by atoms with Crippen LogP contribution in [0, 0.1) is 17.8 Å². The number of nitrogens with zero attached hydrogens (tertiary/aromatic N) is 1. The van der Waals surface area contributed by atoms with E-state index in [0.717, 1.165) is 17.8 Å². The summed E-state index contributed by atoms with van der Waals surface area (Å²) in [6, 6.07) is 0.630. The van der Waals surface area contributed by atoms with Gasteiger partial charge in [-0.2, -0.15) is 0 Å². The third-order valence-electron chi connectivity index (χ3n) is 4.28. The van der Waals surface area contributed by atoms with Gasteiger partial charge in [-0.25, -0.2) is 0 Å². The van der Waals surface area contributed by atoms with Crippen molar-refractivity contribution in [1.82, 2.24) is 0 Å². The van der Waals surface area contributed by atoms with Crippen LogP contribution >= 0.6 is 0 Å². The highest BCUT2D eigenvalue weighted by Crippen LogP contribution is 2.36. The molecule has 0 radical (unpaired) electrons. The molecule has 0 fully saturated rings. The van der Waals surface area contributed by atoms with Gasteiger partial charge in [-0.1, -0.05) is 53.4 Å². The van der Waals surface area contributed by atoms with E-state index in [0.29, 0.717) is 6.04 Å². The smallest absolute Gasteiger partial charge is 0.0557 e. The summed E-state index contributed by atoms with van der Waals surface area (Å²) in [4.78, 5) is 4.75. The predicted molar refractivity (Wildman–Crippen MR) is 68.5 cm³/mol. The summed E-state index contributed by atoms with van der Waals surface area (Å²) in [6.45, 7) is 9.28. The highest BCUT2D eigenvalue weighted by molar-refractivity contribution is 5.60. The van der Waals surface area contributed by atoms with E-state index in [9.17, 15) is 0 Å². The molecule has 1 heteroatoms. The van der Waals surface area contributed by atoms with E-state index in [1.165, 1.54) is 32.1 Å². The molecule has 0 N–H and O–H groups in total. The number of rotatable bonds is 6. The average molecular weight is 209 g/mol. The molecule has 0 aromatic carbocycles. The third-order valence-corrected chi connectivity index (χ3v) is 4.28. The standard InChI is InChI=1S/C14H27N/c1-5-11(6-2)13-9-10-15-14(13)12(7-3)8-4/h10-14H,5-9H2,1-4H3. The molecule has 2 unspecified atom stereocenters. The molecule has 2 atom stereocenters. The van der Waals surface area contributed by atoms with Gasteiger partial charge in [0.2, 0.25) is 0 Å². The van der Waals surface area contributed by atoms with E-state index in [-0.39, 0.29) is 0 Å². The first-order valence-electron chi connectivity index (χ1n) is 6.79. The van der Waals surface area contributed by atoms with Crippen LogP contribution in [0.15, 0.2) is 4.99 Å². The lowest BCUT2D eigenvalue weighted by molar-refractivity contribution is 0.228. The van der Waals surface area contributed by atoms with E-state index >= 15 is 0 Å². The molecule has 0 aromatic rings. The van der Waals surface area contributed by atoms with Gasteiger partial charge in [0.15, 0.2) is 0 Å².